The van der Waals surface area contributed by atoms with Gasteiger partial charge in [-0.05, 0) is 12.5 Å². The van der Waals surface area contributed by atoms with Gasteiger partial charge in [0.15, 0.2) is 0 Å². The molecule has 1 aliphatic rings. The molecule has 1 heteroatoms. The van der Waals surface area contributed by atoms with Crippen LogP contribution in [0.1, 0.15) is 26.2 Å². The monoisotopic (exact) mass is 150 g/mol. The van der Waals surface area contributed by atoms with Gasteiger partial charge in [0.2, 0.25) is 0 Å². The minimum absolute atomic E-state index is 0.853. The molecule has 1 nitrogen and oxygen atoms in total. The zero-order valence-corrected chi connectivity index (χ0v) is 6.97. The van der Waals surface area contributed by atoms with Crippen LogP contribution in [0.5, 0.6) is 0 Å². The van der Waals surface area contributed by atoms with E-state index in [2.05, 4.69) is 24.8 Å². The van der Waals surface area contributed by atoms with Crippen molar-refractivity contribution in [3.63, 3.8) is 0 Å². The molecular formula is C10H14O. The van der Waals surface area contributed by atoms with E-state index < -0.39 is 0 Å². The molecule has 0 radical (unpaired) electrons. The Morgan fingerprint density at radius 2 is 2.45 bits per heavy atom. The summed E-state index contributed by atoms with van der Waals surface area (Å²) < 4.78 is 5.46. The van der Waals surface area contributed by atoms with Crippen LogP contribution in [-0.2, 0) is 4.74 Å². The van der Waals surface area contributed by atoms with Crippen LogP contribution < -0.4 is 0 Å². The zero-order chi connectivity index (χ0) is 8.10. The first-order valence-corrected chi connectivity index (χ1v) is 4.02. The van der Waals surface area contributed by atoms with Crippen molar-refractivity contribution in [1.82, 2.24) is 0 Å². The van der Waals surface area contributed by atoms with E-state index in [0.717, 1.165) is 30.8 Å². The van der Waals surface area contributed by atoms with Crippen LogP contribution in [0.2, 0.25) is 0 Å². The van der Waals surface area contributed by atoms with Crippen molar-refractivity contribution in [3.05, 3.63) is 36.3 Å². The van der Waals surface area contributed by atoms with Crippen molar-refractivity contribution in [2.45, 2.75) is 26.2 Å². The van der Waals surface area contributed by atoms with Crippen molar-refractivity contribution in [1.29, 1.82) is 0 Å². The van der Waals surface area contributed by atoms with E-state index >= 15 is 0 Å². The lowest BCUT2D eigenvalue weighted by atomic mass is 10.2. The van der Waals surface area contributed by atoms with Gasteiger partial charge in [0.05, 0.1) is 5.76 Å². The molecule has 0 saturated carbocycles. The highest BCUT2D eigenvalue weighted by molar-refractivity contribution is 5.11. The van der Waals surface area contributed by atoms with Gasteiger partial charge in [0, 0.05) is 12.8 Å². The Morgan fingerprint density at radius 3 is 3.00 bits per heavy atom. The summed E-state index contributed by atoms with van der Waals surface area (Å²) in [6, 6.07) is 0. The predicted octanol–water partition coefficient (Wildman–Crippen LogP) is 3.16. The lowest BCUT2D eigenvalue weighted by molar-refractivity contribution is 0.287. The maximum absolute atomic E-state index is 5.46. The maximum atomic E-state index is 5.46. The maximum Gasteiger partial charge on any atom is 0.104 e. The minimum atomic E-state index is 0.853. The van der Waals surface area contributed by atoms with Gasteiger partial charge in [0.1, 0.15) is 5.76 Å². The van der Waals surface area contributed by atoms with Gasteiger partial charge < -0.3 is 4.74 Å². The van der Waals surface area contributed by atoms with Crippen LogP contribution in [-0.4, -0.2) is 0 Å². The fourth-order valence-corrected chi connectivity index (χ4v) is 0.919. The Bertz CT molecular complexity index is 199. The lowest BCUT2D eigenvalue weighted by Crippen LogP contribution is -1.92. The van der Waals surface area contributed by atoms with Crippen LogP contribution >= 0.6 is 0 Å². The second kappa shape index (κ2) is 4.02. The summed E-state index contributed by atoms with van der Waals surface area (Å²) in [5.74, 6) is 1.89. The minimum Gasteiger partial charge on any atom is -0.467 e. The van der Waals surface area contributed by atoms with E-state index in [9.17, 15) is 0 Å². The summed E-state index contributed by atoms with van der Waals surface area (Å²) >= 11 is 0. The SMILES string of the molecule is C=C(CC)OC1=CCC=CC1. The number of ether oxygens (including phenoxy) is 1. The van der Waals surface area contributed by atoms with Gasteiger partial charge in [0.25, 0.3) is 0 Å². The fourth-order valence-electron chi connectivity index (χ4n) is 0.919. The summed E-state index contributed by atoms with van der Waals surface area (Å²) in [5, 5.41) is 0. The molecule has 1 aliphatic carbocycles. The molecule has 0 saturated heterocycles. The number of hydrogen-bond donors (Lipinski definition) is 0. The largest absolute Gasteiger partial charge is 0.467 e. The van der Waals surface area contributed by atoms with Crippen LogP contribution in [0.25, 0.3) is 0 Å². The number of hydrogen-bond acceptors (Lipinski definition) is 1. The van der Waals surface area contributed by atoms with E-state index in [1.54, 1.807) is 0 Å². The Labute approximate surface area is 68.1 Å². The Morgan fingerprint density at radius 1 is 1.64 bits per heavy atom. The van der Waals surface area contributed by atoms with Crippen molar-refractivity contribution in [2.75, 3.05) is 0 Å². The highest BCUT2D eigenvalue weighted by Gasteiger charge is 2.00. The van der Waals surface area contributed by atoms with Gasteiger partial charge >= 0.3 is 0 Å². The molecule has 0 heterocycles. The van der Waals surface area contributed by atoms with Gasteiger partial charge in [-0.3, -0.25) is 0 Å². The van der Waals surface area contributed by atoms with Gasteiger partial charge in [-0.25, -0.2) is 0 Å². The predicted molar refractivity (Wildman–Crippen MR) is 47.0 cm³/mol. The third-order valence-corrected chi connectivity index (χ3v) is 1.64. The van der Waals surface area contributed by atoms with E-state index in [4.69, 9.17) is 4.74 Å². The molecular weight excluding hydrogens is 136 g/mol. The molecule has 0 aromatic carbocycles. The van der Waals surface area contributed by atoms with Crippen LogP contribution in [0.15, 0.2) is 36.3 Å². The summed E-state index contributed by atoms with van der Waals surface area (Å²) in [6.07, 6.45) is 9.16. The topological polar surface area (TPSA) is 9.23 Å². The van der Waals surface area contributed by atoms with Gasteiger partial charge in [-0.15, -0.1) is 0 Å². The van der Waals surface area contributed by atoms with E-state index in [1.165, 1.54) is 0 Å². The summed E-state index contributed by atoms with van der Waals surface area (Å²) in [4.78, 5) is 0. The molecule has 0 spiro atoms. The molecule has 0 amide bonds. The van der Waals surface area contributed by atoms with E-state index in [0.29, 0.717) is 0 Å². The van der Waals surface area contributed by atoms with E-state index in [1.807, 2.05) is 6.92 Å². The van der Waals surface area contributed by atoms with Gasteiger partial charge in [-0.2, -0.15) is 0 Å². The summed E-state index contributed by atoms with van der Waals surface area (Å²) in [6.45, 7) is 5.82. The molecule has 11 heavy (non-hydrogen) atoms. The quantitative estimate of drug-likeness (QED) is 0.443. The van der Waals surface area contributed by atoms with Crippen molar-refractivity contribution in [3.8, 4) is 0 Å². The molecule has 0 N–H and O–H groups in total. The average molecular weight is 150 g/mol. The molecule has 0 fully saturated rings. The smallest absolute Gasteiger partial charge is 0.104 e. The van der Waals surface area contributed by atoms with Gasteiger partial charge in [-0.1, -0.05) is 25.7 Å². The van der Waals surface area contributed by atoms with E-state index in [-0.39, 0.29) is 0 Å². The lowest BCUT2D eigenvalue weighted by Gasteiger charge is -2.11. The second-order valence-corrected chi connectivity index (χ2v) is 2.58. The normalized spacial score (nSPS) is 15.9. The fraction of sp³-hybridized carbons (Fsp3) is 0.400. The first-order chi connectivity index (χ1) is 5.33. The standard InChI is InChI=1S/C10H14O/c1-3-9(2)11-10-7-5-4-6-8-10/h4-5,8H,2-3,6-7H2,1H3. The van der Waals surface area contributed by atoms with Crippen molar-refractivity contribution in [2.24, 2.45) is 0 Å². The molecule has 0 atom stereocenters. The number of rotatable bonds is 3. The second-order valence-electron chi connectivity index (χ2n) is 2.58. The van der Waals surface area contributed by atoms with Crippen LogP contribution in [0.4, 0.5) is 0 Å². The van der Waals surface area contributed by atoms with Crippen molar-refractivity contribution >= 4 is 0 Å². The first-order valence-electron chi connectivity index (χ1n) is 4.02. The summed E-state index contributed by atoms with van der Waals surface area (Å²) in [7, 11) is 0. The Balaban J connectivity index is 2.37. The zero-order valence-electron chi connectivity index (χ0n) is 6.97. The first kappa shape index (κ1) is 8.12. The highest BCUT2D eigenvalue weighted by atomic mass is 16.5. The number of allylic oxidation sites excluding steroid dienone is 4. The summed E-state index contributed by atoms with van der Waals surface area (Å²) in [5.41, 5.74) is 0. The molecule has 0 aliphatic heterocycles. The molecule has 0 bridgehead atoms. The Hall–Kier alpha value is -0.980. The average Bonchev–Trinajstić information content (AvgIpc) is 2.06. The third-order valence-electron chi connectivity index (χ3n) is 1.64. The third kappa shape index (κ3) is 2.62. The molecule has 0 aromatic heterocycles. The van der Waals surface area contributed by atoms with Crippen molar-refractivity contribution < 1.29 is 4.74 Å². The van der Waals surface area contributed by atoms with Crippen LogP contribution in [0.3, 0.4) is 0 Å². The molecule has 60 valence electrons. The molecule has 0 unspecified atom stereocenters. The highest BCUT2D eigenvalue weighted by Crippen LogP contribution is 2.16. The molecule has 0 aromatic rings. The molecule has 1 rings (SSSR count). The van der Waals surface area contributed by atoms with Crippen LogP contribution in [0, 0.1) is 0 Å². The Kier molecular flexibility index (Phi) is 2.96.